The average Bonchev–Trinajstić information content (AvgIpc) is 3.71. The van der Waals surface area contributed by atoms with E-state index in [2.05, 4.69) is 41.2 Å². The van der Waals surface area contributed by atoms with Crippen LogP contribution in [0.2, 0.25) is 0 Å². The summed E-state index contributed by atoms with van der Waals surface area (Å²) in [5.74, 6) is 3.77. The minimum atomic E-state index is 0. The van der Waals surface area contributed by atoms with E-state index >= 15 is 0 Å². The van der Waals surface area contributed by atoms with E-state index in [1.165, 1.54) is 58.2 Å². The summed E-state index contributed by atoms with van der Waals surface area (Å²) < 4.78 is 12.0. The lowest BCUT2D eigenvalue weighted by Gasteiger charge is -2.32. The lowest BCUT2D eigenvalue weighted by molar-refractivity contribution is 0.166. The summed E-state index contributed by atoms with van der Waals surface area (Å²) in [5.41, 5.74) is 3.13. The topological polar surface area (TPSA) is 62.0 Å². The van der Waals surface area contributed by atoms with Crippen molar-refractivity contribution in [3.05, 3.63) is 23.4 Å². The molecule has 2 aliphatic carbocycles. The molecule has 0 radical (unpaired) electrons. The fourth-order valence-electron chi connectivity index (χ4n) is 5.25. The third-order valence-corrected chi connectivity index (χ3v) is 7.71. The number of aliphatic hydroxyl groups excluding tert-OH is 1. The molecular weight excluding hydrogens is 473 g/mol. The number of nitrogens with zero attached hydrogens (tertiary/aromatic N) is 3. The molecule has 1 N–H and O–H groups in total. The van der Waals surface area contributed by atoms with Crippen molar-refractivity contribution < 1.29 is 14.4 Å². The Morgan fingerprint density at radius 3 is 2.50 bits per heavy atom. The normalized spacial score (nSPS) is 23.1. The molecule has 1 aromatic carbocycles. The van der Waals surface area contributed by atoms with Gasteiger partial charge < -0.3 is 24.2 Å². The smallest absolute Gasteiger partial charge is 0.175 e. The van der Waals surface area contributed by atoms with E-state index in [0.717, 1.165) is 65.3 Å². The van der Waals surface area contributed by atoms with Crippen LogP contribution < -0.4 is 4.74 Å². The van der Waals surface area contributed by atoms with Gasteiger partial charge in [-0.2, -0.15) is 0 Å². The van der Waals surface area contributed by atoms with Gasteiger partial charge in [0, 0.05) is 25.1 Å². The molecule has 1 saturated heterocycles. The van der Waals surface area contributed by atoms with E-state index in [1.807, 2.05) is 0 Å². The van der Waals surface area contributed by atoms with Gasteiger partial charge in [0.2, 0.25) is 0 Å². The van der Waals surface area contributed by atoms with Crippen LogP contribution in [0.1, 0.15) is 49.8 Å². The first-order valence-corrected chi connectivity index (χ1v) is 12.6. The average molecular weight is 515 g/mol. The summed E-state index contributed by atoms with van der Waals surface area (Å²) in [4.78, 5) is 4.78. The van der Waals surface area contributed by atoms with Crippen LogP contribution >= 0.6 is 24.8 Å². The number of piperidine rings is 1. The van der Waals surface area contributed by atoms with Crippen LogP contribution in [0.25, 0.3) is 11.0 Å². The first-order chi connectivity index (χ1) is 15.6. The highest BCUT2D eigenvalue weighted by Crippen LogP contribution is 2.39. The molecule has 6 nitrogen and oxygen atoms in total. The largest absolute Gasteiger partial charge is 0.493 e. The Morgan fingerprint density at radius 1 is 1.09 bits per heavy atom. The SMILES string of the molecule is CN(C)Cc1c(OCC2CC2)ccc2c(CCC3CCN(CC4CC4CO)CC3)noc12.Cl.Cl. The molecule has 2 atom stereocenters. The van der Waals surface area contributed by atoms with Crippen molar-refractivity contribution in [3.8, 4) is 5.75 Å². The van der Waals surface area contributed by atoms with Crippen molar-refractivity contribution >= 4 is 35.8 Å². The molecule has 2 saturated carbocycles. The molecule has 34 heavy (non-hydrogen) atoms. The second-order valence-electron chi connectivity index (χ2n) is 10.8. The van der Waals surface area contributed by atoms with Gasteiger partial charge in [-0.05, 0) is 108 Å². The number of halogens is 2. The van der Waals surface area contributed by atoms with Gasteiger partial charge >= 0.3 is 0 Å². The Morgan fingerprint density at radius 2 is 1.85 bits per heavy atom. The lowest BCUT2D eigenvalue weighted by atomic mass is 9.91. The van der Waals surface area contributed by atoms with E-state index < -0.39 is 0 Å². The maximum atomic E-state index is 9.27. The minimum absolute atomic E-state index is 0. The van der Waals surface area contributed by atoms with Crippen LogP contribution in [0.5, 0.6) is 5.75 Å². The molecule has 0 spiro atoms. The number of likely N-dealkylation sites (tertiary alicyclic amines) is 1. The Balaban J connectivity index is 0.00000162. The number of hydrogen-bond acceptors (Lipinski definition) is 6. The zero-order chi connectivity index (χ0) is 22.1. The third kappa shape index (κ3) is 6.79. The molecule has 5 rings (SSSR count). The number of benzene rings is 1. The number of fused-ring (bicyclic) bond motifs is 1. The molecule has 1 aromatic heterocycles. The van der Waals surface area contributed by atoms with E-state index in [0.29, 0.717) is 12.5 Å². The predicted octanol–water partition coefficient (Wildman–Crippen LogP) is 4.79. The van der Waals surface area contributed by atoms with Gasteiger partial charge in [0.15, 0.2) is 5.58 Å². The maximum absolute atomic E-state index is 9.27. The molecule has 2 unspecified atom stereocenters. The quantitative estimate of drug-likeness (QED) is 0.465. The van der Waals surface area contributed by atoms with Crippen molar-refractivity contribution in [2.24, 2.45) is 23.7 Å². The van der Waals surface area contributed by atoms with Crippen molar-refractivity contribution in [2.75, 3.05) is 46.9 Å². The van der Waals surface area contributed by atoms with Crippen LogP contribution in [0.4, 0.5) is 0 Å². The molecule has 1 aliphatic heterocycles. The second kappa shape index (κ2) is 12.3. The van der Waals surface area contributed by atoms with Crippen molar-refractivity contribution in [3.63, 3.8) is 0 Å². The van der Waals surface area contributed by atoms with E-state index in [-0.39, 0.29) is 24.8 Å². The van der Waals surface area contributed by atoms with Gasteiger partial charge in [0.05, 0.1) is 17.9 Å². The Bertz CT molecular complexity index is 910. The van der Waals surface area contributed by atoms with Crippen LogP contribution in [0.3, 0.4) is 0 Å². The van der Waals surface area contributed by atoms with Gasteiger partial charge in [-0.1, -0.05) is 5.16 Å². The number of aliphatic hydroxyl groups is 1. The first-order valence-electron chi connectivity index (χ1n) is 12.6. The van der Waals surface area contributed by atoms with Gasteiger partial charge in [0.25, 0.3) is 0 Å². The van der Waals surface area contributed by atoms with Crippen LogP contribution in [-0.2, 0) is 13.0 Å². The second-order valence-corrected chi connectivity index (χ2v) is 10.8. The highest BCUT2D eigenvalue weighted by Gasteiger charge is 2.37. The van der Waals surface area contributed by atoms with E-state index in [1.54, 1.807) is 0 Å². The van der Waals surface area contributed by atoms with Gasteiger partial charge in [-0.3, -0.25) is 0 Å². The minimum Gasteiger partial charge on any atom is -0.493 e. The first kappa shape index (κ1) is 27.5. The van der Waals surface area contributed by atoms with E-state index in [4.69, 9.17) is 9.26 Å². The van der Waals surface area contributed by atoms with Gasteiger partial charge in [-0.25, -0.2) is 0 Å². The molecule has 2 heterocycles. The Hall–Kier alpha value is -1.05. The molecule has 3 aliphatic rings. The summed E-state index contributed by atoms with van der Waals surface area (Å²) >= 11 is 0. The number of hydrogen-bond donors (Lipinski definition) is 1. The fraction of sp³-hybridized carbons (Fsp3) is 0.731. The van der Waals surface area contributed by atoms with Crippen molar-refractivity contribution in [1.82, 2.24) is 15.0 Å². The highest BCUT2D eigenvalue weighted by molar-refractivity contribution is 5.86. The van der Waals surface area contributed by atoms with E-state index in [9.17, 15) is 5.11 Å². The zero-order valence-electron chi connectivity index (χ0n) is 20.6. The lowest BCUT2D eigenvalue weighted by Crippen LogP contribution is -2.35. The molecule has 2 aromatic rings. The summed E-state index contributed by atoms with van der Waals surface area (Å²) in [6, 6.07) is 4.28. The number of ether oxygens (including phenoxy) is 1. The number of aromatic nitrogens is 1. The maximum Gasteiger partial charge on any atom is 0.175 e. The highest BCUT2D eigenvalue weighted by atomic mass is 35.5. The standard InChI is InChI=1S/C26H39N3O3.2ClH/c1-28(2)15-23-25(31-17-19-3-4-19)8-6-22-24(27-32-26(22)23)7-5-18-9-11-29(12-10-18)14-20-13-21(20)16-30;;/h6,8,18-21,30H,3-5,7,9-17H2,1-2H3;2*1H. The molecule has 0 amide bonds. The molecule has 192 valence electrons. The van der Waals surface area contributed by atoms with Crippen LogP contribution in [0, 0.1) is 23.7 Å². The van der Waals surface area contributed by atoms with Gasteiger partial charge in [-0.15, -0.1) is 24.8 Å². The summed E-state index contributed by atoms with van der Waals surface area (Å²) in [7, 11) is 4.17. The van der Waals surface area contributed by atoms with Crippen LogP contribution in [-0.4, -0.2) is 67.0 Å². The molecule has 0 bridgehead atoms. The summed E-state index contributed by atoms with van der Waals surface area (Å²) in [6.07, 6.45) is 8.52. The summed E-state index contributed by atoms with van der Waals surface area (Å²) in [5, 5.41) is 14.9. The Labute approximate surface area is 216 Å². The van der Waals surface area contributed by atoms with Crippen LogP contribution in [0.15, 0.2) is 16.7 Å². The number of rotatable bonds is 11. The third-order valence-electron chi connectivity index (χ3n) is 7.71. The van der Waals surface area contributed by atoms with Crippen molar-refractivity contribution in [1.29, 1.82) is 0 Å². The Kier molecular flexibility index (Phi) is 9.93. The predicted molar refractivity (Wildman–Crippen MR) is 140 cm³/mol. The summed E-state index contributed by atoms with van der Waals surface area (Å²) in [6.45, 7) is 5.57. The molecule has 8 heteroatoms. The van der Waals surface area contributed by atoms with Gasteiger partial charge in [0.1, 0.15) is 5.75 Å². The molecule has 3 fully saturated rings. The monoisotopic (exact) mass is 513 g/mol. The fourth-order valence-corrected chi connectivity index (χ4v) is 5.25. The van der Waals surface area contributed by atoms with Crippen molar-refractivity contribution in [2.45, 2.75) is 51.5 Å². The number of aryl methyl sites for hydroxylation is 1. The zero-order valence-corrected chi connectivity index (χ0v) is 22.2. The molecular formula is C26H41Cl2N3O3.